The van der Waals surface area contributed by atoms with Crippen molar-refractivity contribution >= 4 is 17.8 Å². The predicted molar refractivity (Wildman–Crippen MR) is 94.7 cm³/mol. The Hall–Kier alpha value is -2.42. The predicted octanol–water partition coefficient (Wildman–Crippen LogP) is 0.255. The average Bonchev–Trinajstić information content (AvgIpc) is 3.12. The van der Waals surface area contributed by atoms with Crippen molar-refractivity contribution < 1.29 is 24.0 Å². The second-order valence-electron chi connectivity index (χ2n) is 7.47. The number of nitrogens with two attached hydrogens (primary N) is 1. The minimum atomic E-state index is -1.14. The first kappa shape index (κ1) is 19.3. The van der Waals surface area contributed by atoms with Gasteiger partial charge in [0, 0.05) is 31.5 Å². The van der Waals surface area contributed by atoms with Gasteiger partial charge >= 0.3 is 5.97 Å². The number of amides is 2. The van der Waals surface area contributed by atoms with Crippen LogP contribution >= 0.6 is 0 Å². The van der Waals surface area contributed by atoms with Crippen molar-refractivity contribution in [3.05, 3.63) is 17.5 Å². The standard InChI is InChI=1S/C18H26N4O5/c19-17(24)11-2-5-22(6-3-11)16(23)8-12-1-4-20-10-13(12)7-14-9-15(18(25)26)27-21-14/h9,11-13,20H,1-8,10H2,(H2,19,24)(H,25,26)/t12-,13+/m0/s1. The Balaban J connectivity index is 1.56. The van der Waals surface area contributed by atoms with Crippen LogP contribution in [0.25, 0.3) is 0 Å². The smallest absolute Gasteiger partial charge is 0.374 e. The topological polar surface area (TPSA) is 139 Å². The zero-order valence-electron chi connectivity index (χ0n) is 15.2. The quantitative estimate of drug-likeness (QED) is 0.645. The summed E-state index contributed by atoms with van der Waals surface area (Å²) in [6.07, 6.45) is 3.18. The molecule has 0 saturated carbocycles. The highest BCUT2D eigenvalue weighted by Crippen LogP contribution is 2.28. The molecule has 2 amide bonds. The van der Waals surface area contributed by atoms with Gasteiger partial charge in [-0.15, -0.1) is 0 Å². The Morgan fingerprint density at radius 3 is 2.63 bits per heavy atom. The first-order chi connectivity index (χ1) is 12.9. The number of rotatable bonds is 6. The van der Waals surface area contributed by atoms with Crippen molar-refractivity contribution in [1.29, 1.82) is 0 Å². The van der Waals surface area contributed by atoms with E-state index in [1.807, 2.05) is 4.90 Å². The van der Waals surface area contributed by atoms with Crippen LogP contribution in [0.2, 0.25) is 0 Å². The van der Waals surface area contributed by atoms with E-state index in [9.17, 15) is 14.4 Å². The summed E-state index contributed by atoms with van der Waals surface area (Å²) in [4.78, 5) is 36.7. The Morgan fingerprint density at radius 2 is 2.00 bits per heavy atom. The SMILES string of the molecule is NC(=O)C1CCN(C(=O)C[C@@H]2CCNC[C@H]2Cc2cc(C(=O)O)on2)CC1. The van der Waals surface area contributed by atoms with Gasteiger partial charge in [0.05, 0.1) is 5.69 Å². The highest BCUT2D eigenvalue weighted by molar-refractivity contribution is 5.84. The van der Waals surface area contributed by atoms with Crippen LogP contribution in [0.1, 0.15) is 41.9 Å². The van der Waals surface area contributed by atoms with Crippen LogP contribution in [0, 0.1) is 17.8 Å². The maximum Gasteiger partial charge on any atom is 0.374 e. The van der Waals surface area contributed by atoms with Gasteiger partial charge in [-0.1, -0.05) is 5.16 Å². The molecule has 9 heteroatoms. The van der Waals surface area contributed by atoms with Crippen LogP contribution < -0.4 is 11.1 Å². The molecular formula is C18H26N4O5. The number of carboxylic acids is 1. The monoisotopic (exact) mass is 378 g/mol. The van der Waals surface area contributed by atoms with Gasteiger partial charge in [-0.25, -0.2) is 4.79 Å². The van der Waals surface area contributed by atoms with Crippen molar-refractivity contribution in [3.8, 4) is 0 Å². The Morgan fingerprint density at radius 1 is 1.26 bits per heavy atom. The molecule has 2 aliphatic heterocycles. The van der Waals surface area contributed by atoms with Gasteiger partial charge in [0.15, 0.2) is 0 Å². The van der Waals surface area contributed by atoms with E-state index in [1.54, 1.807) is 0 Å². The van der Waals surface area contributed by atoms with E-state index in [2.05, 4.69) is 10.5 Å². The Labute approximate surface area is 157 Å². The second kappa shape index (κ2) is 8.51. The summed E-state index contributed by atoms with van der Waals surface area (Å²) in [6, 6.07) is 1.45. The molecule has 1 aromatic heterocycles. The van der Waals surface area contributed by atoms with Gasteiger partial charge in [0.1, 0.15) is 0 Å². The molecule has 27 heavy (non-hydrogen) atoms. The van der Waals surface area contributed by atoms with Crippen LogP contribution in [-0.4, -0.2) is 59.1 Å². The van der Waals surface area contributed by atoms with E-state index in [0.717, 1.165) is 19.5 Å². The number of aromatic nitrogens is 1. The molecule has 148 valence electrons. The fourth-order valence-electron chi connectivity index (χ4n) is 4.03. The maximum absolute atomic E-state index is 12.7. The van der Waals surface area contributed by atoms with E-state index in [1.165, 1.54) is 6.07 Å². The molecule has 2 atom stereocenters. The first-order valence-corrected chi connectivity index (χ1v) is 9.40. The lowest BCUT2D eigenvalue weighted by Gasteiger charge is -2.35. The lowest BCUT2D eigenvalue weighted by atomic mass is 9.80. The van der Waals surface area contributed by atoms with Crippen molar-refractivity contribution in [1.82, 2.24) is 15.4 Å². The van der Waals surface area contributed by atoms with Crippen LogP contribution in [-0.2, 0) is 16.0 Å². The van der Waals surface area contributed by atoms with E-state index in [4.69, 9.17) is 15.4 Å². The van der Waals surface area contributed by atoms with E-state index in [-0.39, 0.29) is 35.3 Å². The number of likely N-dealkylation sites (tertiary alicyclic amines) is 1. The molecule has 4 N–H and O–H groups in total. The van der Waals surface area contributed by atoms with Crippen LogP contribution in [0.4, 0.5) is 0 Å². The molecule has 0 aromatic carbocycles. The van der Waals surface area contributed by atoms with Gasteiger partial charge in [-0.05, 0) is 50.6 Å². The van der Waals surface area contributed by atoms with Crippen molar-refractivity contribution in [3.63, 3.8) is 0 Å². The molecular weight excluding hydrogens is 352 g/mol. The highest BCUT2D eigenvalue weighted by Gasteiger charge is 2.32. The van der Waals surface area contributed by atoms with Crippen LogP contribution in [0.15, 0.2) is 10.6 Å². The number of primary amides is 1. The summed E-state index contributed by atoms with van der Waals surface area (Å²) in [5, 5.41) is 16.1. The zero-order valence-corrected chi connectivity index (χ0v) is 15.2. The number of hydrogen-bond donors (Lipinski definition) is 3. The average molecular weight is 378 g/mol. The molecule has 0 spiro atoms. The summed E-state index contributed by atoms with van der Waals surface area (Å²) in [5.41, 5.74) is 5.95. The van der Waals surface area contributed by atoms with E-state index >= 15 is 0 Å². The summed E-state index contributed by atoms with van der Waals surface area (Å²) < 4.78 is 4.83. The first-order valence-electron chi connectivity index (χ1n) is 9.40. The third kappa shape index (κ3) is 4.85. The molecule has 0 radical (unpaired) electrons. The molecule has 3 heterocycles. The lowest BCUT2D eigenvalue weighted by molar-refractivity contribution is -0.136. The minimum Gasteiger partial charge on any atom is -0.475 e. The van der Waals surface area contributed by atoms with E-state index in [0.29, 0.717) is 44.5 Å². The molecule has 9 nitrogen and oxygen atoms in total. The summed E-state index contributed by atoms with van der Waals surface area (Å²) in [7, 11) is 0. The number of nitrogens with zero attached hydrogens (tertiary/aromatic N) is 2. The van der Waals surface area contributed by atoms with Gasteiger partial charge in [0.2, 0.25) is 17.6 Å². The molecule has 2 saturated heterocycles. The van der Waals surface area contributed by atoms with Crippen molar-refractivity contribution in [2.45, 2.75) is 32.1 Å². The Bertz CT molecular complexity index is 696. The van der Waals surface area contributed by atoms with Crippen molar-refractivity contribution in [2.75, 3.05) is 26.2 Å². The summed E-state index contributed by atoms with van der Waals surface area (Å²) >= 11 is 0. The number of aromatic carboxylic acids is 1. The lowest BCUT2D eigenvalue weighted by Crippen LogP contribution is -2.44. The Kier molecular flexibility index (Phi) is 6.10. The number of hydrogen-bond acceptors (Lipinski definition) is 6. The summed E-state index contributed by atoms with van der Waals surface area (Å²) in [5.74, 6) is -1.21. The fourth-order valence-corrected chi connectivity index (χ4v) is 4.03. The highest BCUT2D eigenvalue weighted by atomic mass is 16.5. The number of carbonyl (C=O) groups excluding carboxylic acids is 2. The normalized spacial score (nSPS) is 23.9. The van der Waals surface area contributed by atoms with Crippen molar-refractivity contribution in [2.24, 2.45) is 23.5 Å². The van der Waals surface area contributed by atoms with Crippen LogP contribution in [0.5, 0.6) is 0 Å². The second-order valence-corrected chi connectivity index (χ2v) is 7.47. The van der Waals surface area contributed by atoms with Gasteiger partial charge < -0.3 is 25.6 Å². The molecule has 0 unspecified atom stereocenters. The van der Waals surface area contributed by atoms with Crippen LogP contribution in [0.3, 0.4) is 0 Å². The van der Waals surface area contributed by atoms with Gasteiger partial charge in [-0.3, -0.25) is 9.59 Å². The fraction of sp³-hybridized carbons (Fsp3) is 0.667. The van der Waals surface area contributed by atoms with Gasteiger partial charge in [-0.2, -0.15) is 0 Å². The van der Waals surface area contributed by atoms with Gasteiger partial charge in [0.25, 0.3) is 0 Å². The molecule has 0 aliphatic carbocycles. The molecule has 2 fully saturated rings. The number of carbonyl (C=O) groups is 3. The number of piperidine rings is 2. The third-order valence-corrected chi connectivity index (χ3v) is 5.69. The zero-order chi connectivity index (χ0) is 19.4. The minimum absolute atomic E-state index is 0.112. The number of nitrogens with one attached hydrogen (secondary N) is 1. The molecule has 2 aliphatic rings. The number of carboxylic acid groups (broad SMARTS) is 1. The molecule has 3 rings (SSSR count). The molecule has 1 aromatic rings. The summed E-state index contributed by atoms with van der Waals surface area (Å²) in [6.45, 7) is 2.77. The third-order valence-electron chi connectivity index (χ3n) is 5.69. The maximum atomic E-state index is 12.7. The molecule has 0 bridgehead atoms. The van der Waals surface area contributed by atoms with E-state index < -0.39 is 5.97 Å². The largest absolute Gasteiger partial charge is 0.475 e.